The van der Waals surface area contributed by atoms with E-state index in [0.29, 0.717) is 6.10 Å². The van der Waals surface area contributed by atoms with Crippen LogP contribution in [0.2, 0.25) is 0 Å². The monoisotopic (exact) mass is 314 g/mol. The molecule has 2 aliphatic rings. The fourth-order valence-electron chi connectivity index (χ4n) is 3.87. The number of hydrogen-bond acceptors (Lipinski definition) is 3. The predicted octanol–water partition coefficient (Wildman–Crippen LogP) is 3.42. The molecule has 5 nitrogen and oxygen atoms in total. The fourth-order valence-corrected chi connectivity index (χ4v) is 3.87. The van der Waals surface area contributed by atoms with Crippen LogP contribution in [-0.4, -0.2) is 24.3 Å². The molecule has 2 aromatic rings. The van der Waals surface area contributed by atoms with Gasteiger partial charge in [0.2, 0.25) is 0 Å². The molecule has 0 radical (unpaired) electrons. The van der Waals surface area contributed by atoms with Crippen LogP contribution in [0, 0.1) is 6.92 Å². The van der Waals surface area contributed by atoms with Gasteiger partial charge in [0, 0.05) is 10.9 Å². The van der Waals surface area contributed by atoms with E-state index in [0.717, 1.165) is 41.6 Å². The minimum absolute atomic E-state index is 0.137. The quantitative estimate of drug-likeness (QED) is 0.912. The average Bonchev–Trinajstić information content (AvgIpc) is 3.22. The van der Waals surface area contributed by atoms with Crippen molar-refractivity contribution in [3.63, 3.8) is 0 Å². The molecule has 1 aromatic carbocycles. The van der Waals surface area contributed by atoms with E-state index in [1.54, 1.807) is 0 Å². The van der Waals surface area contributed by atoms with Gasteiger partial charge in [0.05, 0.1) is 24.3 Å². The average molecular weight is 314 g/mol. The summed E-state index contributed by atoms with van der Waals surface area (Å²) in [6, 6.07) is 7.74. The fraction of sp³-hybridized carbons (Fsp3) is 0.500. The van der Waals surface area contributed by atoms with Gasteiger partial charge in [-0.05, 0) is 39.2 Å². The smallest absolute Gasteiger partial charge is 0.315 e. The molecule has 2 amide bonds. The molecule has 4 atom stereocenters. The number of carbonyl (C=O) groups excluding carboxylic acids is 1. The number of furan rings is 1. The number of carbonyl (C=O) groups is 1. The van der Waals surface area contributed by atoms with E-state index in [-0.39, 0.29) is 24.2 Å². The number of urea groups is 1. The molecule has 0 saturated carbocycles. The number of para-hydroxylation sites is 1. The first-order valence-corrected chi connectivity index (χ1v) is 8.32. The molecule has 2 saturated heterocycles. The molecule has 0 spiro atoms. The van der Waals surface area contributed by atoms with Crippen molar-refractivity contribution in [3.05, 3.63) is 35.6 Å². The molecule has 122 valence electrons. The van der Waals surface area contributed by atoms with Crippen molar-refractivity contribution in [1.29, 1.82) is 0 Å². The maximum absolute atomic E-state index is 12.3. The molecule has 5 heteroatoms. The highest BCUT2D eigenvalue weighted by atomic mass is 16.5. The highest BCUT2D eigenvalue weighted by Crippen LogP contribution is 2.34. The number of rotatable bonds is 3. The maximum Gasteiger partial charge on any atom is 0.315 e. The van der Waals surface area contributed by atoms with E-state index >= 15 is 0 Å². The molecule has 23 heavy (non-hydrogen) atoms. The van der Waals surface area contributed by atoms with Crippen LogP contribution in [0.1, 0.15) is 43.6 Å². The highest BCUT2D eigenvalue weighted by molar-refractivity contribution is 5.82. The van der Waals surface area contributed by atoms with E-state index in [2.05, 4.69) is 10.6 Å². The number of aryl methyl sites for hydroxylation is 1. The van der Waals surface area contributed by atoms with Gasteiger partial charge in [-0.25, -0.2) is 4.79 Å². The molecular formula is C18H22N2O3. The first-order chi connectivity index (χ1) is 11.1. The van der Waals surface area contributed by atoms with Crippen molar-refractivity contribution < 1.29 is 13.9 Å². The third-order valence-electron chi connectivity index (χ3n) is 5.04. The summed E-state index contributed by atoms with van der Waals surface area (Å²) in [5.41, 5.74) is 1.94. The van der Waals surface area contributed by atoms with Gasteiger partial charge < -0.3 is 19.8 Å². The summed E-state index contributed by atoms with van der Waals surface area (Å²) in [4.78, 5) is 12.3. The van der Waals surface area contributed by atoms with Crippen LogP contribution in [0.4, 0.5) is 4.79 Å². The van der Waals surface area contributed by atoms with Gasteiger partial charge >= 0.3 is 6.03 Å². The summed E-state index contributed by atoms with van der Waals surface area (Å²) in [6.07, 6.45) is 3.62. The maximum atomic E-state index is 12.3. The molecule has 1 aromatic heterocycles. The van der Waals surface area contributed by atoms with Gasteiger partial charge in [0.1, 0.15) is 11.3 Å². The minimum atomic E-state index is -0.179. The van der Waals surface area contributed by atoms with Gasteiger partial charge in [-0.2, -0.15) is 0 Å². The van der Waals surface area contributed by atoms with Crippen LogP contribution in [0.3, 0.4) is 0 Å². The third kappa shape index (κ3) is 2.59. The number of ether oxygens (including phenoxy) is 1. The van der Waals surface area contributed by atoms with E-state index in [9.17, 15) is 4.79 Å². The molecule has 4 unspecified atom stereocenters. The van der Waals surface area contributed by atoms with Gasteiger partial charge in [-0.1, -0.05) is 18.2 Å². The van der Waals surface area contributed by atoms with Crippen LogP contribution < -0.4 is 10.6 Å². The van der Waals surface area contributed by atoms with E-state index in [1.165, 1.54) is 0 Å². The molecule has 4 rings (SSSR count). The molecule has 2 bridgehead atoms. The zero-order valence-corrected chi connectivity index (χ0v) is 13.5. The van der Waals surface area contributed by atoms with Gasteiger partial charge in [-0.15, -0.1) is 0 Å². The van der Waals surface area contributed by atoms with Crippen molar-refractivity contribution in [1.82, 2.24) is 10.6 Å². The zero-order valence-electron chi connectivity index (χ0n) is 13.5. The van der Waals surface area contributed by atoms with Gasteiger partial charge in [0.15, 0.2) is 0 Å². The lowest BCUT2D eigenvalue weighted by Gasteiger charge is -2.21. The zero-order chi connectivity index (χ0) is 16.0. The Bertz CT molecular complexity index is 739. The second-order valence-corrected chi connectivity index (χ2v) is 6.64. The van der Waals surface area contributed by atoms with Crippen molar-refractivity contribution in [2.45, 2.75) is 57.4 Å². The second kappa shape index (κ2) is 5.57. The van der Waals surface area contributed by atoms with Crippen molar-refractivity contribution in [2.24, 2.45) is 0 Å². The number of amides is 2. The summed E-state index contributed by atoms with van der Waals surface area (Å²) >= 11 is 0. The summed E-state index contributed by atoms with van der Waals surface area (Å²) in [5, 5.41) is 7.13. The number of benzene rings is 1. The molecule has 0 aliphatic carbocycles. The topological polar surface area (TPSA) is 63.5 Å². The molecule has 2 aliphatic heterocycles. The summed E-state index contributed by atoms with van der Waals surface area (Å²) < 4.78 is 11.7. The Hall–Kier alpha value is -2.01. The minimum Gasteiger partial charge on any atom is -0.459 e. The van der Waals surface area contributed by atoms with Crippen LogP contribution in [0.15, 0.2) is 28.7 Å². The van der Waals surface area contributed by atoms with Crippen LogP contribution >= 0.6 is 0 Å². The lowest BCUT2D eigenvalue weighted by Crippen LogP contribution is -2.46. The first kappa shape index (κ1) is 14.6. The Morgan fingerprint density at radius 2 is 2.13 bits per heavy atom. The number of hydrogen-bond donors (Lipinski definition) is 2. The summed E-state index contributed by atoms with van der Waals surface area (Å²) in [5.74, 6) is 0.811. The third-order valence-corrected chi connectivity index (χ3v) is 5.04. The SMILES string of the molecule is Cc1c(C(C)NC(=O)NC2CC3CCC2O3)oc2ccccc12. The Morgan fingerprint density at radius 1 is 1.30 bits per heavy atom. The summed E-state index contributed by atoms with van der Waals surface area (Å²) in [7, 11) is 0. The predicted molar refractivity (Wildman–Crippen MR) is 87.3 cm³/mol. The molecule has 2 N–H and O–H groups in total. The standard InChI is InChI=1S/C18H22N2O3/c1-10-13-5-3-4-6-15(13)23-17(10)11(2)19-18(21)20-14-9-12-7-8-16(14)22-12/h3-6,11-12,14,16H,7-9H2,1-2H3,(H2,19,20,21). The Morgan fingerprint density at radius 3 is 2.83 bits per heavy atom. The molecular weight excluding hydrogens is 292 g/mol. The van der Waals surface area contributed by atoms with Crippen LogP contribution in [0.25, 0.3) is 11.0 Å². The van der Waals surface area contributed by atoms with E-state index < -0.39 is 0 Å². The Balaban J connectivity index is 1.43. The largest absolute Gasteiger partial charge is 0.459 e. The van der Waals surface area contributed by atoms with Crippen molar-refractivity contribution in [3.8, 4) is 0 Å². The molecule has 2 fully saturated rings. The van der Waals surface area contributed by atoms with Gasteiger partial charge in [-0.3, -0.25) is 0 Å². The van der Waals surface area contributed by atoms with Crippen LogP contribution in [-0.2, 0) is 4.74 Å². The van der Waals surface area contributed by atoms with Gasteiger partial charge in [0.25, 0.3) is 0 Å². The second-order valence-electron chi connectivity index (χ2n) is 6.64. The molecule has 3 heterocycles. The Labute approximate surface area is 135 Å². The van der Waals surface area contributed by atoms with Crippen LogP contribution in [0.5, 0.6) is 0 Å². The summed E-state index contributed by atoms with van der Waals surface area (Å²) in [6.45, 7) is 3.97. The van der Waals surface area contributed by atoms with E-state index in [4.69, 9.17) is 9.15 Å². The first-order valence-electron chi connectivity index (χ1n) is 8.32. The van der Waals surface area contributed by atoms with E-state index in [1.807, 2.05) is 38.1 Å². The van der Waals surface area contributed by atoms with Crippen molar-refractivity contribution in [2.75, 3.05) is 0 Å². The number of nitrogens with one attached hydrogen (secondary N) is 2. The Kier molecular flexibility index (Phi) is 3.53. The lowest BCUT2D eigenvalue weighted by molar-refractivity contribution is 0.0980. The highest BCUT2D eigenvalue weighted by Gasteiger charge is 2.41. The van der Waals surface area contributed by atoms with Crippen molar-refractivity contribution >= 4 is 17.0 Å². The lowest BCUT2D eigenvalue weighted by atomic mass is 9.96. The normalized spacial score (nSPS) is 27.3. The number of fused-ring (bicyclic) bond motifs is 3.